The summed E-state index contributed by atoms with van der Waals surface area (Å²) in [6.45, 7) is 2.27. The first-order valence-electron chi connectivity index (χ1n) is 8.41. The first kappa shape index (κ1) is 18.4. The minimum absolute atomic E-state index is 0.603. The highest BCUT2D eigenvalue weighted by Gasteiger charge is 1.91. The van der Waals surface area contributed by atoms with E-state index in [-0.39, 0.29) is 0 Å². The molecule has 0 rings (SSSR count). The number of carbonyl (C=O) groups excluding carboxylic acids is 1. The molecule has 0 unspecified atom stereocenters. The quantitative estimate of drug-likeness (QED) is 0.257. The van der Waals surface area contributed by atoms with Crippen molar-refractivity contribution in [1.29, 1.82) is 0 Å². The van der Waals surface area contributed by atoms with E-state index in [2.05, 4.69) is 19.1 Å². The van der Waals surface area contributed by atoms with Crippen LogP contribution in [0.4, 0.5) is 0 Å². The summed E-state index contributed by atoms with van der Waals surface area (Å²) in [5.41, 5.74) is 0. The summed E-state index contributed by atoms with van der Waals surface area (Å²) in [6, 6.07) is 0. The minimum Gasteiger partial charge on any atom is -0.291 e. The third-order valence-corrected chi connectivity index (χ3v) is 3.54. The molecule has 0 aromatic rings. The fourth-order valence-electron chi connectivity index (χ4n) is 2.27. The molecule has 0 fully saturated rings. The van der Waals surface area contributed by atoms with Crippen LogP contribution in [0, 0.1) is 0 Å². The summed E-state index contributed by atoms with van der Waals surface area (Å²) in [5.74, 6) is 0. The number of hydrogen-bond donors (Lipinski definition) is 0. The van der Waals surface area contributed by atoms with Crippen LogP contribution in [0.3, 0.4) is 0 Å². The van der Waals surface area contributed by atoms with E-state index in [4.69, 9.17) is 0 Å². The molecule has 0 saturated carbocycles. The second-order valence-corrected chi connectivity index (χ2v) is 5.48. The van der Waals surface area contributed by atoms with Gasteiger partial charge < -0.3 is 0 Å². The Labute approximate surface area is 120 Å². The fourth-order valence-corrected chi connectivity index (χ4v) is 2.27. The van der Waals surface area contributed by atoms with Crippen molar-refractivity contribution in [2.24, 2.45) is 0 Å². The van der Waals surface area contributed by atoms with E-state index in [0.29, 0.717) is 6.42 Å². The van der Waals surface area contributed by atoms with Gasteiger partial charge in [-0.25, -0.2) is 0 Å². The molecule has 0 aromatic heterocycles. The Balaban J connectivity index is 3.01. The van der Waals surface area contributed by atoms with Gasteiger partial charge in [-0.1, -0.05) is 70.4 Å². The molecule has 0 aliphatic heterocycles. The fraction of sp³-hybridized carbons (Fsp3) is 0.833. The van der Waals surface area contributed by atoms with Crippen LogP contribution < -0.4 is 0 Å². The van der Waals surface area contributed by atoms with Crippen molar-refractivity contribution in [2.45, 2.75) is 96.8 Å². The van der Waals surface area contributed by atoms with Crippen molar-refractivity contribution in [2.75, 3.05) is 0 Å². The molecular formula is C18H33O. The van der Waals surface area contributed by atoms with Gasteiger partial charge in [-0.15, -0.1) is 0 Å². The van der Waals surface area contributed by atoms with Crippen LogP contribution >= 0.6 is 0 Å². The summed E-state index contributed by atoms with van der Waals surface area (Å²) in [6.07, 6.45) is 24.2. The highest BCUT2D eigenvalue weighted by atomic mass is 16.1. The van der Waals surface area contributed by atoms with Crippen LogP contribution in [0.2, 0.25) is 0 Å². The van der Waals surface area contributed by atoms with Gasteiger partial charge in [-0.2, -0.15) is 0 Å². The van der Waals surface area contributed by atoms with Gasteiger partial charge >= 0.3 is 0 Å². The summed E-state index contributed by atoms with van der Waals surface area (Å²) in [7, 11) is 0. The van der Waals surface area contributed by atoms with Crippen LogP contribution in [0.5, 0.6) is 0 Å². The first-order chi connectivity index (χ1) is 9.41. The van der Waals surface area contributed by atoms with Crippen molar-refractivity contribution in [1.82, 2.24) is 0 Å². The SMILES string of the molecule is CCCCCCCCCCCC=CCCCC[C]=O. The molecule has 19 heavy (non-hydrogen) atoms. The lowest BCUT2D eigenvalue weighted by Gasteiger charge is -2.00. The Kier molecular flexibility index (Phi) is 16.9. The van der Waals surface area contributed by atoms with Gasteiger partial charge in [0.15, 0.2) is 6.29 Å². The lowest BCUT2D eigenvalue weighted by Crippen LogP contribution is -1.81. The van der Waals surface area contributed by atoms with Crippen LogP contribution in [0.25, 0.3) is 0 Å². The van der Waals surface area contributed by atoms with Crippen LogP contribution in [-0.2, 0) is 4.79 Å². The molecule has 0 heterocycles. The number of hydrogen-bond acceptors (Lipinski definition) is 1. The normalized spacial score (nSPS) is 11.2. The zero-order valence-electron chi connectivity index (χ0n) is 13.0. The Bertz CT molecular complexity index is 196. The lowest BCUT2D eigenvalue weighted by atomic mass is 10.1. The molecule has 1 radical (unpaired) electrons. The average Bonchev–Trinajstić information content (AvgIpc) is 2.43. The Morgan fingerprint density at radius 2 is 1.16 bits per heavy atom. The molecular weight excluding hydrogens is 232 g/mol. The molecule has 0 aromatic carbocycles. The van der Waals surface area contributed by atoms with Crippen molar-refractivity contribution in [3.05, 3.63) is 12.2 Å². The molecule has 0 aliphatic carbocycles. The number of allylic oxidation sites excluding steroid dienone is 2. The van der Waals surface area contributed by atoms with Gasteiger partial charge in [-0.05, 0) is 32.1 Å². The number of rotatable bonds is 15. The maximum absolute atomic E-state index is 10.00. The summed E-state index contributed by atoms with van der Waals surface area (Å²) >= 11 is 0. The Hall–Kier alpha value is -0.590. The van der Waals surface area contributed by atoms with Crippen molar-refractivity contribution < 1.29 is 4.79 Å². The first-order valence-corrected chi connectivity index (χ1v) is 8.41. The molecule has 0 spiro atoms. The molecule has 0 atom stereocenters. The average molecular weight is 265 g/mol. The molecule has 111 valence electrons. The highest BCUT2D eigenvalue weighted by molar-refractivity contribution is 5.50. The van der Waals surface area contributed by atoms with E-state index in [1.54, 1.807) is 0 Å². The maximum atomic E-state index is 10.00. The second-order valence-electron chi connectivity index (χ2n) is 5.48. The van der Waals surface area contributed by atoms with Crippen molar-refractivity contribution >= 4 is 6.29 Å². The van der Waals surface area contributed by atoms with E-state index in [1.165, 1.54) is 64.2 Å². The largest absolute Gasteiger partial charge is 0.291 e. The van der Waals surface area contributed by atoms with Crippen molar-refractivity contribution in [3.63, 3.8) is 0 Å². The van der Waals surface area contributed by atoms with E-state index in [9.17, 15) is 4.79 Å². The minimum atomic E-state index is 0.603. The molecule has 0 aliphatic rings. The van der Waals surface area contributed by atoms with Gasteiger partial charge in [0.1, 0.15) is 0 Å². The summed E-state index contributed by atoms with van der Waals surface area (Å²) < 4.78 is 0. The van der Waals surface area contributed by atoms with Gasteiger partial charge in [0, 0.05) is 6.42 Å². The molecule has 1 heteroatoms. The summed E-state index contributed by atoms with van der Waals surface area (Å²) in [5, 5.41) is 0. The zero-order valence-corrected chi connectivity index (χ0v) is 13.0. The van der Waals surface area contributed by atoms with Crippen LogP contribution in [0.15, 0.2) is 12.2 Å². The third kappa shape index (κ3) is 17.4. The topological polar surface area (TPSA) is 17.1 Å². The number of unbranched alkanes of at least 4 members (excludes halogenated alkanes) is 12. The van der Waals surface area contributed by atoms with E-state index in [1.807, 2.05) is 6.29 Å². The van der Waals surface area contributed by atoms with Crippen molar-refractivity contribution in [3.8, 4) is 0 Å². The summed E-state index contributed by atoms with van der Waals surface area (Å²) in [4.78, 5) is 10.00. The lowest BCUT2D eigenvalue weighted by molar-refractivity contribution is 0.547. The highest BCUT2D eigenvalue weighted by Crippen LogP contribution is 2.10. The zero-order chi connectivity index (χ0) is 14.0. The van der Waals surface area contributed by atoms with Crippen LogP contribution in [-0.4, -0.2) is 6.29 Å². The second kappa shape index (κ2) is 17.4. The van der Waals surface area contributed by atoms with Gasteiger partial charge in [-0.3, -0.25) is 4.79 Å². The predicted molar refractivity (Wildman–Crippen MR) is 85.1 cm³/mol. The molecule has 0 bridgehead atoms. The van der Waals surface area contributed by atoms with E-state index in [0.717, 1.165) is 19.3 Å². The van der Waals surface area contributed by atoms with Gasteiger partial charge in [0.05, 0.1) is 0 Å². The molecule has 0 N–H and O–H groups in total. The monoisotopic (exact) mass is 265 g/mol. The van der Waals surface area contributed by atoms with Crippen LogP contribution in [0.1, 0.15) is 96.8 Å². The van der Waals surface area contributed by atoms with Gasteiger partial charge in [0.2, 0.25) is 0 Å². The molecule has 0 saturated heterocycles. The van der Waals surface area contributed by atoms with E-state index >= 15 is 0 Å². The molecule has 1 nitrogen and oxygen atoms in total. The predicted octanol–water partition coefficient (Wildman–Crippen LogP) is 6.13. The van der Waals surface area contributed by atoms with E-state index < -0.39 is 0 Å². The third-order valence-electron chi connectivity index (χ3n) is 3.54. The van der Waals surface area contributed by atoms with Gasteiger partial charge in [0.25, 0.3) is 0 Å². The standard InChI is InChI=1S/C18H33O/c1-2-3-4-5-6-7-8-9-10-11-12-13-14-15-16-17-18-19/h12-13H,2-11,14-17H2,1H3. The Morgan fingerprint density at radius 3 is 1.68 bits per heavy atom. The smallest absolute Gasteiger partial charge is 0.198 e. The maximum Gasteiger partial charge on any atom is 0.198 e. The molecule has 0 amide bonds. The Morgan fingerprint density at radius 1 is 0.684 bits per heavy atom.